The van der Waals surface area contributed by atoms with Crippen LogP contribution in [0.3, 0.4) is 0 Å². The predicted octanol–water partition coefficient (Wildman–Crippen LogP) is 3.65. The van der Waals surface area contributed by atoms with Crippen molar-refractivity contribution in [1.82, 2.24) is 5.32 Å². The van der Waals surface area contributed by atoms with E-state index in [4.69, 9.17) is 0 Å². The van der Waals surface area contributed by atoms with Crippen molar-refractivity contribution in [3.8, 4) is 0 Å². The second kappa shape index (κ2) is 8.30. The Morgan fingerprint density at radius 1 is 1.03 bits per heavy atom. The molecule has 158 valence electrons. The van der Waals surface area contributed by atoms with E-state index in [1.165, 1.54) is 0 Å². The molecule has 6 nitrogen and oxygen atoms in total. The van der Waals surface area contributed by atoms with Crippen molar-refractivity contribution in [2.24, 2.45) is 0 Å². The van der Waals surface area contributed by atoms with Crippen molar-refractivity contribution in [1.29, 1.82) is 0 Å². The van der Waals surface area contributed by atoms with E-state index in [1.807, 2.05) is 24.3 Å². The van der Waals surface area contributed by atoms with Crippen LogP contribution in [0.2, 0.25) is 0 Å². The third-order valence-corrected chi connectivity index (χ3v) is 5.38. The summed E-state index contributed by atoms with van der Waals surface area (Å²) in [5.41, 5.74) is 4.24. The summed E-state index contributed by atoms with van der Waals surface area (Å²) in [6.45, 7) is 10.2. The van der Waals surface area contributed by atoms with Crippen molar-refractivity contribution in [3.05, 3.63) is 59.2 Å². The molecule has 1 unspecified atom stereocenters. The number of hydrogen-bond acceptors (Lipinski definition) is 3. The third-order valence-electron chi connectivity index (χ3n) is 5.38. The molecular weight excluding hydrogens is 378 g/mol. The van der Waals surface area contributed by atoms with Crippen LogP contribution in [0, 0.1) is 0 Å². The van der Waals surface area contributed by atoms with Gasteiger partial charge in [0.1, 0.15) is 6.04 Å². The zero-order chi connectivity index (χ0) is 22.1. The number of rotatable bonds is 4. The van der Waals surface area contributed by atoms with Crippen molar-refractivity contribution < 1.29 is 14.4 Å². The van der Waals surface area contributed by atoms with E-state index in [0.29, 0.717) is 17.8 Å². The van der Waals surface area contributed by atoms with E-state index >= 15 is 0 Å². The molecule has 0 saturated carbocycles. The number of nitrogens with one attached hydrogen (secondary N) is 2. The molecule has 1 aliphatic rings. The Morgan fingerprint density at radius 3 is 2.30 bits per heavy atom. The van der Waals surface area contributed by atoms with Gasteiger partial charge in [0.25, 0.3) is 5.91 Å². The molecule has 3 amide bonds. The lowest BCUT2D eigenvalue weighted by Crippen LogP contribution is -2.41. The molecule has 2 N–H and O–H groups in total. The Balaban J connectivity index is 1.61. The van der Waals surface area contributed by atoms with Gasteiger partial charge in [0.05, 0.1) is 0 Å². The number of hydrogen-bond donors (Lipinski definition) is 2. The maximum Gasteiger partial charge on any atom is 0.251 e. The summed E-state index contributed by atoms with van der Waals surface area (Å²) in [7, 11) is 0. The smallest absolute Gasteiger partial charge is 0.251 e. The van der Waals surface area contributed by atoms with Crippen LogP contribution in [0.5, 0.6) is 0 Å². The number of carbonyl (C=O) groups is 3. The minimum atomic E-state index is -0.693. The summed E-state index contributed by atoms with van der Waals surface area (Å²) < 4.78 is 0. The first-order chi connectivity index (χ1) is 14.1. The lowest BCUT2D eigenvalue weighted by atomic mass is 9.86. The predicted molar refractivity (Wildman–Crippen MR) is 119 cm³/mol. The fourth-order valence-corrected chi connectivity index (χ4v) is 3.52. The van der Waals surface area contributed by atoms with Crippen molar-refractivity contribution in [3.63, 3.8) is 0 Å². The van der Waals surface area contributed by atoms with Crippen molar-refractivity contribution in [2.75, 3.05) is 16.8 Å². The summed E-state index contributed by atoms with van der Waals surface area (Å²) >= 11 is 0. The molecule has 0 fully saturated rings. The van der Waals surface area contributed by atoms with Crippen LogP contribution in [0.25, 0.3) is 0 Å². The van der Waals surface area contributed by atoms with Gasteiger partial charge in [-0.2, -0.15) is 0 Å². The third kappa shape index (κ3) is 4.70. The molecule has 30 heavy (non-hydrogen) atoms. The van der Waals surface area contributed by atoms with E-state index in [-0.39, 0.29) is 23.1 Å². The maximum absolute atomic E-state index is 12.5. The van der Waals surface area contributed by atoms with Crippen molar-refractivity contribution in [2.45, 2.75) is 52.5 Å². The average molecular weight is 408 g/mol. The zero-order valence-corrected chi connectivity index (χ0v) is 18.2. The monoisotopic (exact) mass is 407 g/mol. The van der Waals surface area contributed by atoms with Gasteiger partial charge in [-0.25, -0.2) is 0 Å². The molecule has 3 rings (SSSR count). The first kappa shape index (κ1) is 21.6. The summed E-state index contributed by atoms with van der Waals surface area (Å²) in [5, 5.41) is 5.59. The minimum Gasteiger partial charge on any atom is -0.341 e. The molecule has 1 heterocycles. The normalized spacial score (nSPS) is 14.1. The van der Waals surface area contributed by atoms with E-state index < -0.39 is 6.04 Å². The number of nitrogens with zero attached hydrogens (tertiary/aromatic N) is 1. The summed E-state index contributed by atoms with van der Waals surface area (Å²) in [6, 6.07) is 12.3. The van der Waals surface area contributed by atoms with Gasteiger partial charge in [0, 0.05) is 30.4 Å². The summed E-state index contributed by atoms with van der Waals surface area (Å²) in [5.74, 6) is -0.572. The largest absolute Gasteiger partial charge is 0.341 e. The Hall–Kier alpha value is -3.15. The lowest BCUT2D eigenvalue weighted by molar-refractivity contribution is -0.118. The van der Waals surface area contributed by atoms with E-state index in [9.17, 15) is 14.4 Å². The number of anilines is 2. The van der Waals surface area contributed by atoms with Crippen LogP contribution in [0.1, 0.15) is 56.1 Å². The Morgan fingerprint density at radius 2 is 1.70 bits per heavy atom. The molecule has 2 aromatic carbocycles. The summed E-state index contributed by atoms with van der Waals surface area (Å²) in [6.07, 6.45) is 0.759. The molecule has 1 atom stereocenters. The van der Waals surface area contributed by atoms with Gasteiger partial charge in [-0.1, -0.05) is 32.9 Å². The quantitative estimate of drug-likeness (QED) is 0.812. The Labute approximate surface area is 177 Å². The van der Waals surface area contributed by atoms with Crippen LogP contribution in [-0.4, -0.2) is 30.3 Å². The minimum absolute atomic E-state index is 0.0115. The van der Waals surface area contributed by atoms with Gasteiger partial charge in [0.2, 0.25) is 11.8 Å². The number of fused-ring (bicyclic) bond motifs is 1. The highest BCUT2D eigenvalue weighted by Gasteiger charge is 2.23. The second-order valence-corrected chi connectivity index (χ2v) is 8.78. The highest BCUT2D eigenvalue weighted by atomic mass is 16.2. The molecule has 0 radical (unpaired) electrons. The molecule has 0 aromatic heterocycles. The molecule has 0 saturated heterocycles. The average Bonchev–Trinajstić information content (AvgIpc) is 3.10. The van der Waals surface area contributed by atoms with Crippen LogP contribution in [0.4, 0.5) is 11.4 Å². The fourth-order valence-electron chi connectivity index (χ4n) is 3.52. The number of amides is 3. The summed E-state index contributed by atoms with van der Waals surface area (Å²) in [4.78, 5) is 38.4. The number of carbonyl (C=O) groups excluding carboxylic acids is 3. The van der Waals surface area contributed by atoms with Gasteiger partial charge in [-0.15, -0.1) is 0 Å². The Kier molecular flexibility index (Phi) is 5.97. The second-order valence-electron chi connectivity index (χ2n) is 8.78. The molecule has 1 aliphatic heterocycles. The molecule has 0 bridgehead atoms. The SMILES string of the molecule is CC(=O)N1CCc2cc(NC(=O)C(C)NC(=O)c3ccc(C(C)(C)C)cc3)ccc21. The number of benzene rings is 2. The molecule has 0 aliphatic carbocycles. The first-order valence-electron chi connectivity index (χ1n) is 10.2. The highest BCUT2D eigenvalue weighted by molar-refractivity contribution is 6.01. The first-order valence-corrected chi connectivity index (χ1v) is 10.2. The fraction of sp³-hybridized carbons (Fsp3) is 0.375. The van der Waals surface area contributed by atoms with Crippen LogP contribution < -0.4 is 15.5 Å². The van der Waals surface area contributed by atoms with Gasteiger partial charge >= 0.3 is 0 Å². The van der Waals surface area contributed by atoms with Gasteiger partial charge in [0.15, 0.2) is 0 Å². The molecular formula is C24H29N3O3. The topological polar surface area (TPSA) is 78.5 Å². The lowest BCUT2D eigenvalue weighted by Gasteiger charge is -2.19. The van der Waals surface area contributed by atoms with Crippen molar-refractivity contribution >= 4 is 29.1 Å². The van der Waals surface area contributed by atoms with Crippen LogP contribution in [0.15, 0.2) is 42.5 Å². The molecule has 6 heteroatoms. The van der Waals surface area contributed by atoms with E-state index in [0.717, 1.165) is 23.2 Å². The van der Waals surface area contributed by atoms with Gasteiger partial charge in [-0.3, -0.25) is 14.4 Å². The van der Waals surface area contributed by atoms with Gasteiger partial charge < -0.3 is 15.5 Å². The van der Waals surface area contributed by atoms with Crippen LogP contribution >= 0.6 is 0 Å². The standard InChI is InChI=1S/C24H29N3O3/c1-15(25-23(30)17-6-8-19(9-7-17)24(3,4)5)22(29)26-20-10-11-21-18(14-20)12-13-27(21)16(2)28/h6-11,14-15H,12-13H2,1-5H3,(H,25,30)(H,26,29). The highest BCUT2D eigenvalue weighted by Crippen LogP contribution is 2.30. The van der Waals surface area contributed by atoms with Crippen LogP contribution in [-0.2, 0) is 21.4 Å². The van der Waals surface area contributed by atoms with E-state index in [2.05, 4.69) is 31.4 Å². The Bertz CT molecular complexity index is 974. The zero-order valence-electron chi connectivity index (χ0n) is 18.2. The molecule has 2 aromatic rings. The molecule has 0 spiro atoms. The van der Waals surface area contributed by atoms with Gasteiger partial charge in [-0.05, 0) is 60.2 Å². The van der Waals surface area contributed by atoms with E-state index in [1.54, 1.807) is 36.9 Å². The maximum atomic E-state index is 12.5.